The monoisotopic (exact) mass is 193 g/mol. The van der Waals surface area contributed by atoms with Gasteiger partial charge >= 0.3 is 0 Å². The fourth-order valence-corrected chi connectivity index (χ4v) is 1.18. The molecule has 0 saturated carbocycles. The van der Waals surface area contributed by atoms with Crippen LogP contribution in [0, 0.1) is 13.8 Å². The van der Waals surface area contributed by atoms with Crippen LogP contribution >= 0.6 is 0 Å². The highest BCUT2D eigenvalue weighted by Gasteiger charge is 2.02. The zero-order valence-corrected chi connectivity index (χ0v) is 8.76. The molecule has 3 heteroatoms. The zero-order chi connectivity index (χ0) is 10.6. The minimum absolute atomic E-state index is 0.0698. The first-order valence-corrected chi connectivity index (χ1v) is 4.54. The van der Waals surface area contributed by atoms with Crippen molar-refractivity contribution in [3.63, 3.8) is 0 Å². The van der Waals surface area contributed by atoms with Gasteiger partial charge in [-0.1, -0.05) is 17.7 Å². The molecular formula is C11H15NO2. The Hall–Kier alpha value is -1.51. The second kappa shape index (κ2) is 4.65. The number of nitrogens with one attached hydrogen (secondary N) is 1. The Balaban J connectivity index is 2.63. The maximum Gasteiger partial charge on any atom is 0.257 e. The maximum atomic E-state index is 10.9. The number of rotatable bonds is 3. The van der Waals surface area contributed by atoms with E-state index in [0.29, 0.717) is 0 Å². The van der Waals surface area contributed by atoms with Gasteiger partial charge in [-0.2, -0.15) is 0 Å². The highest BCUT2D eigenvalue weighted by atomic mass is 16.5. The van der Waals surface area contributed by atoms with E-state index in [1.807, 2.05) is 32.0 Å². The Morgan fingerprint density at radius 2 is 2.14 bits per heavy atom. The van der Waals surface area contributed by atoms with E-state index in [4.69, 9.17) is 4.74 Å². The van der Waals surface area contributed by atoms with Crippen molar-refractivity contribution in [3.8, 4) is 5.75 Å². The van der Waals surface area contributed by atoms with E-state index in [9.17, 15) is 4.79 Å². The molecule has 0 aliphatic heterocycles. The van der Waals surface area contributed by atoms with E-state index in [1.54, 1.807) is 7.05 Å². The van der Waals surface area contributed by atoms with Crippen LogP contribution in [-0.2, 0) is 4.79 Å². The molecule has 1 rings (SSSR count). The fraction of sp³-hybridized carbons (Fsp3) is 0.364. The van der Waals surface area contributed by atoms with Crippen LogP contribution in [0.2, 0.25) is 0 Å². The number of hydrogen-bond acceptors (Lipinski definition) is 2. The summed E-state index contributed by atoms with van der Waals surface area (Å²) in [7, 11) is 1.59. The molecule has 0 aliphatic rings. The molecule has 0 spiro atoms. The summed E-state index contributed by atoms with van der Waals surface area (Å²) in [5.74, 6) is 0.643. The lowest BCUT2D eigenvalue weighted by Crippen LogP contribution is -2.24. The van der Waals surface area contributed by atoms with Gasteiger partial charge in [-0.3, -0.25) is 4.79 Å². The number of ether oxygens (including phenoxy) is 1. The first-order chi connectivity index (χ1) is 6.63. The molecule has 0 unspecified atom stereocenters. The van der Waals surface area contributed by atoms with Gasteiger partial charge in [0.05, 0.1) is 0 Å². The van der Waals surface area contributed by atoms with Crippen molar-refractivity contribution in [2.75, 3.05) is 13.7 Å². The maximum absolute atomic E-state index is 10.9. The van der Waals surface area contributed by atoms with Crippen molar-refractivity contribution in [2.24, 2.45) is 0 Å². The molecule has 14 heavy (non-hydrogen) atoms. The lowest BCUT2D eigenvalue weighted by Gasteiger charge is -2.08. The summed E-state index contributed by atoms with van der Waals surface area (Å²) < 4.78 is 5.33. The molecule has 0 radical (unpaired) electrons. The third-order valence-electron chi connectivity index (χ3n) is 1.97. The Bertz CT molecular complexity index is 334. The third kappa shape index (κ3) is 2.76. The predicted octanol–water partition coefficient (Wildman–Crippen LogP) is 1.43. The summed E-state index contributed by atoms with van der Waals surface area (Å²) in [5.41, 5.74) is 2.24. The van der Waals surface area contributed by atoms with Crippen LogP contribution in [0.1, 0.15) is 11.1 Å². The van der Waals surface area contributed by atoms with E-state index < -0.39 is 0 Å². The van der Waals surface area contributed by atoms with Crippen LogP contribution in [0.25, 0.3) is 0 Å². The van der Waals surface area contributed by atoms with E-state index in [2.05, 4.69) is 5.32 Å². The topological polar surface area (TPSA) is 38.3 Å². The summed E-state index contributed by atoms with van der Waals surface area (Å²) in [6.45, 7) is 4.06. The molecule has 1 aromatic carbocycles. The van der Waals surface area contributed by atoms with Crippen molar-refractivity contribution in [1.29, 1.82) is 0 Å². The van der Waals surface area contributed by atoms with Crippen molar-refractivity contribution in [2.45, 2.75) is 13.8 Å². The molecule has 1 aromatic rings. The lowest BCUT2D eigenvalue weighted by molar-refractivity contribution is -0.122. The minimum atomic E-state index is -0.120. The van der Waals surface area contributed by atoms with Crippen LogP contribution in [0.3, 0.4) is 0 Å². The number of amides is 1. The van der Waals surface area contributed by atoms with Gasteiger partial charge in [0.2, 0.25) is 0 Å². The van der Waals surface area contributed by atoms with Gasteiger partial charge in [0.25, 0.3) is 5.91 Å². The Morgan fingerprint density at radius 1 is 1.43 bits per heavy atom. The van der Waals surface area contributed by atoms with Crippen LogP contribution in [-0.4, -0.2) is 19.6 Å². The first-order valence-electron chi connectivity index (χ1n) is 4.54. The summed E-state index contributed by atoms with van der Waals surface area (Å²) in [6.07, 6.45) is 0. The van der Waals surface area contributed by atoms with Crippen LogP contribution in [0.5, 0.6) is 5.75 Å². The summed E-state index contributed by atoms with van der Waals surface area (Å²) in [5, 5.41) is 2.50. The Kier molecular flexibility index (Phi) is 3.51. The molecule has 0 aliphatic carbocycles. The smallest absolute Gasteiger partial charge is 0.257 e. The number of carbonyl (C=O) groups excluding carboxylic acids is 1. The number of benzene rings is 1. The molecule has 3 nitrogen and oxygen atoms in total. The van der Waals surface area contributed by atoms with Crippen molar-refractivity contribution in [3.05, 3.63) is 29.3 Å². The average Bonchev–Trinajstić information content (AvgIpc) is 2.16. The van der Waals surface area contributed by atoms with Crippen molar-refractivity contribution < 1.29 is 9.53 Å². The highest BCUT2D eigenvalue weighted by Crippen LogP contribution is 2.18. The van der Waals surface area contributed by atoms with Gasteiger partial charge in [-0.25, -0.2) is 0 Å². The Labute approximate surface area is 84.1 Å². The second-order valence-corrected chi connectivity index (χ2v) is 3.23. The second-order valence-electron chi connectivity index (χ2n) is 3.23. The lowest BCUT2D eigenvalue weighted by atomic mass is 10.1. The van der Waals surface area contributed by atoms with Gasteiger partial charge in [-0.15, -0.1) is 0 Å². The van der Waals surface area contributed by atoms with Crippen molar-refractivity contribution in [1.82, 2.24) is 5.32 Å². The number of aryl methyl sites for hydroxylation is 2. The van der Waals surface area contributed by atoms with Gasteiger partial charge in [0, 0.05) is 7.05 Å². The summed E-state index contributed by atoms with van der Waals surface area (Å²) in [6, 6.07) is 5.87. The molecule has 0 fully saturated rings. The first kappa shape index (κ1) is 10.6. The van der Waals surface area contributed by atoms with E-state index in [-0.39, 0.29) is 12.5 Å². The van der Waals surface area contributed by atoms with Gasteiger partial charge in [0.1, 0.15) is 5.75 Å². The molecular weight excluding hydrogens is 178 g/mol. The van der Waals surface area contributed by atoms with Crippen LogP contribution in [0.4, 0.5) is 0 Å². The largest absolute Gasteiger partial charge is 0.484 e. The average molecular weight is 193 g/mol. The molecule has 76 valence electrons. The molecule has 1 N–H and O–H groups in total. The SMILES string of the molecule is CNC(=O)COc1ccc(C)cc1C. The number of likely N-dealkylation sites (N-methyl/N-ethyl adjacent to an activating group) is 1. The summed E-state index contributed by atoms with van der Waals surface area (Å²) >= 11 is 0. The van der Waals surface area contributed by atoms with E-state index in [0.717, 1.165) is 11.3 Å². The highest BCUT2D eigenvalue weighted by molar-refractivity contribution is 5.77. The molecule has 1 amide bonds. The van der Waals surface area contributed by atoms with Crippen LogP contribution < -0.4 is 10.1 Å². The molecule has 0 bridgehead atoms. The minimum Gasteiger partial charge on any atom is -0.484 e. The molecule has 0 heterocycles. The third-order valence-corrected chi connectivity index (χ3v) is 1.97. The predicted molar refractivity (Wildman–Crippen MR) is 55.5 cm³/mol. The van der Waals surface area contributed by atoms with Gasteiger partial charge < -0.3 is 10.1 Å². The number of hydrogen-bond donors (Lipinski definition) is 1. The molecule has 0 aromatic heterocycles. The Morgan fingerprint density at radius 3 is 2.71 bits per heavy atom. The molecule has 0 saturated heterocycles. The van der Waals surface area contributed by atoms with Gasteiger partial charge in [-0.05, 0) is 25.5 Å². The van der Waals surface area contributed by atoms with Crippen molar-refractivity contribution >= 4 is 5.91 Å². The molecule has 0 atom stereocenters. The zero-order valence-electron chi connectivity index (χ0n) is 8.76. The van der Waals surface area contributed by atoms with Crippen LogP contribution in [0.15, 0.2) is 18.2 Å². The van der Waals surface area contributed by atoms with Gasteiger partial charge in [0.15, 0.2) is 6.61 Å². The summed E-state index contributed by atoms with van der Waals surface area (Å²) in [4.78, 5) is 10.9. The number of carbonyl (C=O) groups is 1. The fourth-order valence-electron chi connectivity index (χ4n) is 1.18. The normalized spacial score (nSPS) is 9.64. The quantitative estimate of drug-likeness (QED) is 0.788. The standard InChI is InChI=1S/C11H15NO2/c1-8-4-5-10(9(2)6-8)14-7-11(13)12-3/h4-6H,7H2,1-3H3,(H,12,13). The van der Waals surface area contributed by atoms with E-state index in [1.165, 1.54) is 5.56 Å². The van der Waals surface area contributed by atoms with E-state index >= 15 is 0 Å².